The molecule has 0 radical (unpaired) electrons. The number of benzene rings is 1. The number of amides is 1. The monoisotopic (exact) mass is 493 g/mol. The molecule has 0 bridgehead atoms. The molecule has 1 aromatic carbocycles. The van der Waals surface area contributed by atoms with E-state index in [1.165, 1.54) is 34.9 Å². The molecule has 0 atom stereocenters. The minimum Gasteiger partial charge on any atom is -0.497 e. The third kappa shape index (κ3) is 5.08. The number of hydrogen-bond donors (Lipinski definition) is 1. The van der Waals surface area contributed by atoms with Crippen molar-refractivity contribution in [3.05, 3.63) is 40.3 Å². The van der Waals surface area contributed by atoms with E-state index < -0.39 is 0 Å². The molecule has 8 nitrogen and oxygen atoms in total. The number of nitrogens with one attached hydrogen (secondary N) is 1. The Kier molecular flexibility index (Phi) is 7.20. The summed E-state index contributed by atoms with van der Waals surface area (Å²) in [5, 5.41) is 11.8. The van der Waals surface area contributed by atoms with Crippen molar-refractivity contribution < 1.29 is 9.53 Å². The standard InChI is InChI=1S/C19H19N5O3S4/c1-3-28-19-23-22-17(31-19)21-14(25)10-30-18-20-13-8-9-29-15(13)16(26)24(18)11-4-6-12(27-2)7-5-11/h4-7H,3,8-10H2,1-2H3,(H,21,22,25). The SMILES string of the molecule is CCSc1nnc(NC(=O)CSc2nc3c(c(=O)n2-c2ccc(OC)cc2)SCC3)s1. The third-order valence-corrected chi connectivity index (χ3v) is 8.15. The summed E-state index contributed by atoms with van der Waals surface area (Å²) in [5.41, 5.74) is 1.38. The summed E-state index contributed by atoms with van der Waals surface area (Å²) in [6.45, 7) is 2.03. The van der Waals surface area contributed by atoms with Gasteiger partial charge >= 0.3 is 0 Å². The van der Waals surface area contributed by atoms with Gasteiger partial charge in [0.2, 0.25) is 11.0 Å². The van der Waals surface area contributed by atoms with Crippen LogP contribution in [0.3, 0.4) is 0 Å². The number of thioether (sulfide) groups is 3. The van der Waals surface area contributed by atoms with Crippen LogP contribution in [0, 0.1) is 0 Å². The average Bonchev–Trinajstić information content (AvgIpc) is 3.42. The number of aromatic nitrogens is 4. The largest absolute Gasteiger partial charge is 0.497 e. The highest BCUT2D eigenvalue weighted by Crippen LogP contribution is 2.30. The number of rotatable bonds is 8. The third-order valence-electron chi connectivity index (χ3n) is 4.25. The maximum atomic E-state index is 13.2. The highest BCUT2D eigenvalue weighted by molar-refractivity contribution is 8.01. The van der Waals surface area contributed by atoms with Crippen molar-refractivity contribution in [2.75, 3.05) is 29.7 Å². The minimum absolute atomic E-state index is 0.102. The molecule has 1 N–H and O–H groups in total. The first kappa shape index (κ1) is 22.2. The first-order valence-electron chi connectivity index (χ1n) is 9.41. The van der Waals surface area contributed by atoms with E-state index in [2.05, 4.69) is 15.5 Å². The summed E-state index contributed by atoms with van der Waals surface area (Å²) in [7, 11) is 1.59. The van der Waals surface area contributed by atoms with E-state index in [9.17, 15) is 9.59 Å². The van der Waals surface area contributed by atoms with E-state index in [0.29, 0.717) is 26.6 Å². The lowest BCUT2D eigenvalue weighted by atomic mass is 10.3. The molecule has 31 heavy (non-hydrogen) atoms. The molecule has 0 fully saturated rings. The molecule has 3 aromatic rings. The molecule has 1 aliphatic rings. The normalized spacial score (nSPS) is 12.6. The Morgan fingerprint density at radius 1 is 1.26 bits per heavy atom. The molecule has 4 rings (SSSR count). The lowest BCUT2D eigenvalue weighted by Gasteiger charge is -2.14. The van der Waals surface area contributed by atoms with E-state index in [-0.39, 0.29) is 17.2 Å². The molecule has 0 aliphatic carbocycles. The Balaban J connectivity index is 1.56. The van der Waals surface area contributed by atoms with Crippen LogP contribution < -0.4 is 15.6 Å². The molecular formula is C19H19N5O3S4. The van der Waals surface area contributed by atoms with Gasteiger partial charge < -0.3 is 4.74 Å². The van der Waals surface area contributed by atoms with Gasteiger partial charge in [-0.15, -0.1) is 22.0 Å². The van der Waals surface area contributed by atoms with E-state index in [1.54, 1.807) is 35.6 Å². The summed E-state index contributed by atoms with van der Waals surface area (Å²) < 4.78 is 7.60. The zero-order chi connectivity index (χ0) is 21.8. The molecule has 0 unspecified atom stereocenters. The zero-order valence-corrected chi connectivity index (χ0v) is 20.1. The van der Waals surface area contributed by atoms with Gasteiger partial charge in [0, 0.05) is 12.2 Å². The summed E-state index contributed by atoms with van der Waals surface area (Å²) in [6.07, 6.45) is 0.751. The van der Waals surface area contributed by atoms with Crippen molar-refractivity contribution in [3.8, 4) is 11.4 Å². The zero-order valence-electron chi connectivity index (χ0n) is 16.8. The van der Waals surface area contributed by atoms with Crippen LogP contribution in [0.2, 0.25) is 0 Å². The maximum Gasteiger partial charge on any atom is 0.272 e. The van der Waals surface area contributed by atoms with Crippen molar-refractivity contribution in [3.63, 3.8) is 0 Å². The summed E-state index contributed by atoms with van der Waals surface area (Å²) in [6, 6.07) is 7.22. The van der Waals surface area contributed by atoms with Crippen molar-refractivity contribution in [2.45, 2.75) is 27.7 Å². The topological polar surface area (TPSA) is 99.0 Å². The minimum atomic E-state index is -0.223. The highest BCUT2D eigenvalue weighted by atomic mass is 32.2. The van der Waals surface area contributed by atoms with Gasteiger partial charge in [-0.2, -0.15) is 0 Å². The second kappa shape index (κ2) is 10.1. The Morgan fingerprint density at radius 2 is 2.06 bits per heavy atom. The molecular weight excluding hydrogens is 475 g/mol. The van der Waals surface area contributed by atoms with Crippen LogP contribution >= 0.6 is 46.6 Å². The average molecular weight is 494 g/mol. The summed E-state index contributed by atoms with van der Waals surface area (Å²) in [4.78, 5) is 31.0. The highest BCUT2D eigenvalue weighted by Gasteiger charge is 2.23. The Hall–Kier alpha value is -2.02. The van der Waals surface area contributed by atoms with Crippen LogP contribution in [0.25, 0.3) is 5.69 Å². The van der Waals surface area contributed by atoms with Gasteiger partial charge in [-0.05, 0) is 30.0 Å². The lowest BCUT2D eigenvalue weighted by molar-refractivity contribution is -0.113. The Labute approximate surface area is 195 Å². The number of nitrogens with zero attached hydrogens (tertiary/aromatic N) is 4. The van der Waals surface area contributed by atoms with E-state index in [0.717, 1.165) is 28.0 Å². The number of methoxy groups -OCH3 is 1. The molecule has 0 saturated heterocycles. The Morgan fingerprint density at radius 3 is 2.81 bits per heavy atom. The number of fused-ring (bicyclic) bond motifs is 1. The second-order valence-corrected chi connectivity index (χ2v) is 10.8. The molecule has 1 amide bonds. The summed E-state index contributed by atoms with van der Waals surface area (Å²) in [5.74, 6) is 2.31. The van der Waals surface area contributed by atoms with Crippen LogP contribution in [0.5, 0.6) is 5.75 Å². The maximum absolute atomic E-state index is 13.2. The van der Waals surface area contributed by atoms with Crippen LogP contribution in [0.4, 0.5) is 5.13 Å². The van der Waals surface area contributed by atoms with Crippen LogP contribution in [-0.2, 0) is 11.2 Å². The predicted octanol–water partition coefficient (Wildman–Crippen LogP) is 3.58. The fourth-order valence-electron chi connectivity index (χ4n) is 2.88. The van der Waals surface area contributed by atoms with Gasteiger partial charge in [-0.3, -0.25) is 19.5 Å². The fraction of sp³-hybridized carbons (Fsp3) is 0.316. The van der Waals surface area contributed by atoms with Crippen molar-refractivity contribution in [1.29, 1.82) is 0 Å². The number of aryl methyl sites for hydroxylation is 1. The Bertz CT molecular complexity index is 1150. The van der Waals surface area contributed by atoms with Crippen LogP contribution in [-0.4, -0.2) is 50.0 Å². The second-order valence-electron chi connectivity index (χ2n) is 6.25. The van der Waals surface area contributed by atoms with Gasteiger partial charge in [-0.25, -0.2) is 4.98 Å². The number of anilines is 1. The molecule has 2 aromatic heterocycles. The van der Waals surface area contributed by atoms with Crippen molar-refractivity contribution >= 4 is 57.7 Å². The van der Waals surface area contributed by atoms with E-state index >= 15 is 0 Å². The van der Waals surface area contributed by atoms with Gasteiger partial charge in [-0.1, -0.05) is 41.8 Å². The van der Waals surface area contributed by atoms with E-state index in [1.807, 2.05) is 19.1 Å². The number of carbonyl (C=O) groups is 1. The molecule has 0 spiro atoms. The van der Waals surface area contributed by atoms with Crippen LogP contribution in [0.1, 0.15) is 12.6 Å². The molecule has 0 saturated carbocycles. The number of carbonyl (C=O) groups excluding carboxylic acids is 1. The van der Waals surface area contributed by atoms with Gasteiger partial charge in [0.15, 0.2) is 9.50 Å². The number of hydrogen-bond acceptors (Lipinski definition) is 10. The molecule has 1 aliphatic heterocycles. The van der Waals surface area contributed by atoms with Gasteiger partial charge in [0.25, 0.3) is 5.56 Å². The van der Waals surface area contributed by atoms with Crippen LogP contribution in [0.15, 0.2) is 43.5 Å². The first-order valence-corrected chi connectivity index (χ1v) is 13.2. The van der Waals surface area contributed by atoms with Crippen molar-refractivity contribution in [1.82, 2.24) is 19.7 Å². The number of ether oxygens (including phenoxy) is 1. The predicted molar refractivity (Wildman–Crippen MR) is 126 cm³/mol. The lowest BCUT2D eigenvalue weighted by Crippen LogP contribution is -2.24. The molecule has 162 valence electrons. The molecule has 12 heteroatoms. The summed E-state index contributed by atoms with van der Waals surface area (Å²) >= 11 is 5.68. The van der Waals surface area contributed by atoms with Crippen molar-refractivity contribution in [2.24, 2.45) is 0 Å². The smallest absolute Gasteiger partial charge is 0.272 e. The quantitative estimate of drug-likeness (QED) is 0.287. The fourth-order valence-corrected chi connectivity index (χ4v) is 6.39. The van der Waals surface area contributed by atoms with Gasteiger partial charge in [0.05, 0.1) is 29.1 Å². The van der Waals surface area contributed by atoms with E-state index in [4.69, 9.17) is 9.72 Å². The molecule has 3 heterocycles. The van der Waals surface area contributed by atoms with Gasteiger partial charge in [0.1, 0.15) is 5.75 Å². The first-order chi connectivity index (χ1) is 15.1.